The van der Waals surface area contributed by atoms with E-state index in [1.54, 1.807) is 7.11 Å². The van der Waals surface area contributed by atoms with Gasteiger partial charge in [0.05, 0.1) is 35.4 Å². The second kappa shape index (κ2) is 5.88. The Hall–Kier alpha value is -3.33. The van der Waals surface area contributed by atoms with E-state index in [4.69, 9.17) is 9.72 Å². The molecule has 2 aromatic heterocycles. The van der Waals surface area contributed by atoms with Crippen molar-refractivity contribution in [3.05, 3.63) is 90.1 Å². The zero-order chi connectivity index (χ0) is 17.5. The third-order valence-electron chi connectivity index (χ3n) is 4.99. The fraction of sp³-hybridized carbons (Fsp3) is 0.0870. The van der Waals surface area contributed by atoms with Crippen LogP contribution in [0.2, 0.25) is 0 Å². The van der Waals surface area contributed by atoms with E-state index >= 15 is 0 Å². The molecule has 126 valence electrons. The summed E-state index contributed by atoms with van der Waals surface area (Å²) < 4.78 is 7.67. The van der Waals surface area contributed by atoms with Crippen LogP contribution in [0, 0.1) is 0 Å². The van der Waals surface area contributed by atoms with Crippen molar-refractivity contribution in [3.63, 3.8) is 0 Å². The molecule has 0 unspecified atom stereocenters. The van der Waals surface area contributed by atoms with E-state index in [1.165, 1.54) is 22.0 Å². The fourth-order valence-corrected chi connectivity index (χ4v) is 3.76. The van der Waals surface area contributed by atoms with Crippen LogP contribution < -0.4 is 4.74 Å². The van der Waals surface area contributed by atoms with Crippen molar-refractivity contribution in [1.29, 1.82) is 0 Å². The summed E-state index contributed by atoms with van der Waals surface area (Å²) in [7, 11) is 1.68. The quantitative estimate of drug-likeness (QED) is 0.450. The average molecular weight is 338 g/mol. The molecular formula is C23H18N2O. The lowest BCUT2D eigenvalue weighted by molar-refractivity contribution is 0.415. The Bertz CT molecular complexity index is 1240. The van der Waals surface area contributed by atoms with Crippen LogP contribution in [0.4, 0.5) is 0 Å². The highest BCUT2D eigenvalue weighted by molar-refractivity contribution is 5.97. The van der Waals surface area contributed by atoms with Crippen molar-refractivity contribution in [2.45, 2.75) is 6.42 Å². The molecule has 2 heterocycles. The van der Waals surface area contributed by atoms with Gasteiger partial charge < -0.3 is 9.14 Å². The van der Waals surface area contributed by atoms with E-state index in [2.05, 4.69) is 65.1 Å². The summed E-state index contributed by atoms with van der Waals surface area (Å²) >= 11 is 0. The lowest BCUT2D eigenvalue weighted by Crippen LogP contribution is -1.93. The molecule has 0 fully saturated rings. The summed E-state index contributed by atoms with van der Waals surface area (Å²) in [4.78, 5) is 4.71. The summed E-state index contributed by atoms with van der Waals surface area (Å²) in [6.45, 7) is 0. The second-order valence-electron chi connectivity index (χ2n) is 6.49. The molecule has 0 aliphatic carbocycles. The highest BCUT2D eigenvalue weighted by Crippen LogP contribution is 2.32. The van der Waals surface area contributed by atoms with E-state index in [-0.39, 0.29) is 0 Å². The first-order chi connectivity index (χ1) is 12.8. The van der Waals surface area contributed by atoms with E-state index in [9.17, 15) is 0 Å². The predicted molar refractivity (Wildman–Crippen MR) is 106 cm³/mol. The van der Waals surface area contributed by atoms with E-state index in [0.29, 0.717) is 0 Å². The molecule has 0 saturated carbocycles. The van der Waals surface area contributed by atoms with Gasteiger partial charge in [-0.05, 0) is 29.3 Å². The van der Waals surface area contributed by atoms with Crippen LogP contribution in [0.25, 0.3) is 27.5 Å². The summed E-state index contributed by atoms with van der Waals surface area (Å²) in [5.41, 5.74) is 7.03. The van der Waals surface area contributed by atoms with Gasteiger partial charge in [-0.25, -0.2) is 0 Å². The SMILES string of the molecule is COc1ccc2c(c1)ncc1c(Cc3ccccc3)c3ccccc3n12. The third kappa shape index (κ3) is 2.25. The normalized spacial score (nSPS) is 11.4. The van der Waals surface area contributed by atoms with Gasteiger partial charge in [-0.1, -0.05) is 48.5 Å². The van der Waals surface area contributed by atoms with Crippen molar-refractivity contribution in [2.24, 2.45) is 0 Å². The fourth-order valence-electron chi connectivity index (χ4n) is 3.76. The molecule has 0 saturated heterocycles. The maximum atomic E-state index is 5.36. The van der Waals surface area contributed by atoms with Crippen LogP contribution in [0.1, 0.15) is 11.1 Å². The van der Waals surface area contributed by atoms with Gasteiger partial charge in [-0.15, -0.1) is 0 Å². The zero-order valence-corrected chi connectivity index (χ0v) is 14.5. The molecule has 0 atom stereocenters. The van der Waals surface area contributed by atoms with Crippen LogP contribution in [-0.2, 0) is 6.42 Å². The van der Waals surface area contributed by atoms with Gasteiger partial charge in [0.25, 0.3) is 0 Å². The largest absolute Gasteiger partial charge is 0.497 e. The van der Waals surface area contributed by atoms with Crippen LogP contribution >= 0.6 is 0 Å². The Morgan fingerprint density at radius 1 is 0.846 bits per heavy atom. The molecule has 0 bridgehead atoms. The molecule has 0 aliphatic heterocycles. The monoisotopic (exact) mass is 338 g/mol. The summed E-state index contributed by atoms with van der Waals surface area (Å²) in [5, 5.41) is 1.28. The summed E-state index contributed by atoms with van der Waals surface area (Å²) in [5.74, 6) is 0.824. The minimum Gasteiger partial charge on any atom is -0.497 e. The molecule has 5 aromatic rings. The molecule has 0 N–H and O–H groups in total. The maximum absolute atomic E-state index is 5.36. The number of hydrogen-bond acceptors (Lipinski definition) is 2. The lowest BCUT2D eigenvalue weighted by atomic mass is 10.0. The van der Waals surface area contributed by atoms with E-state index in [0.717, 1.165) is 28.7 Å². The highest BCUT2D eigenvalue weighted by atomic mass is 16.5. The number of para-hydroxylation sites is 1. The molecule has 0 spiro atoms. The van der Waals surface area contributed by atoms with Crippen LogP contribution in [0.5, 0.6) is 5.75 Å². The van der Waals surface area contributed by atoms with Gasteiger partial charge in [-0.3, -0.25) is 4.98 Å². The van der Waals surface area contributed by atoms with Gasteiger partial charge in [-0.2, -0.15) is 0 Å². The highest BCUT2D eigenvalue weighted by Gasteiger charge is 2.14. The number of methoxy groups -OCH3 is 1. The Balaban J connectivity index is 1.85. The second-order valence-corrected chi connectivity index (χ2v) is 6.49. The Labute approximate surface area is 151 Å². The minimum absolute atomic E-state index is 0.824. The number of benzene rings is 3. The first kappa shape index (κ1) is 15.0. The molecule has 5 rings (SSSR count). The van der Waals surface area contributed by atoms with Gasteiger partial charge in [0.15, 0.2) is 0 Å². The summed E-state index contributed by atoms with van der Waals surface area (Å²) in [6.07, 6.45) is 2.88. The van der Waals surface area contributed by atoms with Gasteiger partial charge in [0, 0.05) is 17.9 Å². The van der Waals surface area contributed by atoms with Crippen molar-refractivity contribution in [2.75, 3.05) is 7.11 Å². The minimum atomic E-state index is 0.824. The average Bonchev–Trinajstić information content (AvgIpc) is 3.02. The molecular weight excluding hydrogens is 320 g/mol. The van der Waals surface area contributed by atoms with E-state index < -0.39 is 0 Å². The number of nitrogens with zero attached hydrogens (tertiary/aromatic N) is 2. The number of ether oxygens (including phenoxy) is 1. The molecule has 26 heavy (non-hydrogen) atoms. The predicted octanol–water partition coefficient (Wildman–Crippen LogP) is 5.24. The van der Waals surface area contributed by atoms with Gasteiger partial charge >= 0.3 is 0 Å². The number of rotatable bonds is 3. The van der Waals surface area contributed by atoms with Crippen molar-refractivity contribution in [1.82, 2.24) is 9.38 Å². The molecule has 0 aliphatic rings. The van der Waals surface area contributed by atoms with Crippen molar-refractivity contribution in [3.8, 4) is 5.75 Å². The Morgan fingerprint density at radius 2 is 1.65 bits per heavy atom. The first-order valence-corrected chi connectivity index (χ1v) is 8.74. The molecule has 3 aromatic carbocycles. The van der Waals surface area contributed by atoms with Crippen LogP contribution in [0.3, 0.4) is 0 Å². The molecule has 0 radical (unpaired) electrons. The smallest absolute Gasteiger partial charge is 0.121 e. The van der Waals surface area contributed by atoms with Gasteiger partial charge in [0.1, 0.15) is 5.75 Å². The van der Waals surface area contributed by atoms with Crippen molar-refractivity contribution >= 4 is 27.5 Å². The van der Waals surface area contributed by atoms with Crippen LogP contribution in [0.15, 0.2) is 79.0 Å². The Morgan fingerprint density at radius 3 is 2.50 bits per heavy atom. The number of fused-ring (bicyclic) bond motifs is 5. The van der Waals surface area contributed by atoms with Crippen LogP contribution in [-0.4, -0.2) is 16.5 Å². The van der Waals surface area contributed by atoms with Crippen molar-refractivity contribution < 1.29 is 4.74 Å². The summed E-state index contributed by atoms with van der Waals surface area (Å²) in [6, 6.07) is 25.3. The molecule has 3 nitrogen and oxygen atoms in total. The number of hydrogen-bond donors (Lipinski definition) is 0. The van der Waals surface area contributed by atoms with E-state index in [1.807, 2.05) is 18.3 Å². The number of aromatic nitrogens is 2. The first-order valence-electron chi connectivity index (χ1n) is 8.74. The maximum Gasteiger partial charge on any atom is 0.121 e. The lowest BCUT2D eigenvalue weighted by Gasteiger charge is -2.06. The zero-order valence-electron chi connectivity index (χ0n) is 14.5. The molecule has 3 heteroatoms. The standard InChI is InChI=1S/C23H18N2O/c1-26-17-11-12-22-20(14-17)24-15-23-19(13-16-7-3-2-4-8-16)18-9-5-6-10-21(18)25(22)23/h2-12,14-15H,13H2,1H3. The molecule has 0 amide bonds. The third-order valence-corrected chi connectivity index (χ3v) is 4.99. The Kier molecular flexibility index (Phi) is 3.39. The van der Waals surface area contributed by atoms with Gasteiger partial charge in [0.2, 0.25) is 0 Å². The topological polar surface area (TPSA) is 26.5 Å².